The molecule has 0 spiro atoms. The Kier molecular flexibility index (Phi) is 4.85. The van der Waals surface area contributed by atoms with E-state index in [9.17, 15) is 13.6 Å². The van der Waals surface area contributed by atoms with Crippen LogP contribution in [0, 0.1) is 11.6 Å². The van der Waals surface area contributed by atoms with E-state index in [1.807, 2.05) is 12.3 Å². The van der Waals surface area contributed by atoms with Gasteiger partial charge in [0.25, 0.3) is 0 Å². The van der Waals surface area contributed by atoms with E-state index in [1.54, 1.807) is 6.20 Å². The van der Waals surface area contributed by atoms with Gasteiger partial charge in [-0.3, -0.25) is 0 Å². The molecule has 1 aromatic heterocycles. The van der Waals surface area contributed by atoms with E-state index in [0.29, 0.717) is 6.54 Å². The Morgan fingerprint density at radius 2 is 2.19 bits per heavy atom. The van der Waals surface area contributed by atoms with Crippen LogP contribution in [0.3, 0.4) is 0 Å². The molecule has 0 amide bonds. The van der Waals surface area contributed by atoms with Crippen molar-refractivity contribution in [3.05, 3.63) is 45.9 Å². The average Bonchev–Trinajstić information content (AvgIpc) is 3.02. The van der Waals surface area contributed by atoms with Gasteiger partial charge in [-0.15, -0.1) is 11.3 Å². The summed E-state index contributed by atoms with van der Waals surface area (Å²) >= 11 is 1.50. The first-order valence-electron chi connectivity index (χ1n) is 6.24. The number of nitrogens with one attached hydrogen (secondary N) is 1. The lowest BCUT2D eigenvalue weighted by Gasteiger charge is -2.13. The molecule has 1 atom stereocenters. The van der Waals surface area contributed by atoms with E-state index in [1.165, 1.54) is 23.5 Å². The Morgan fingerprint density at radius 1 is 1.43 bits per heavy atom. The van der Waals surface area contributed by atoms with Crippen LogP contribution in [-0.4, -0.2) is 24.6 Å². The van der Waals surface area contributed by atoms with E-state index < -0.39 is 23.2 Å². The topological polar surface area (TPSA) is 51.2 Å². The standard InChI is InChI=1S/C14H14F2N2O2S/c1-8(13-17-5-6-21-13)7-18-10-4-3-9(14(19)20-2)11(15)12(10)16/h3-6,8,18H,7H2,1-2H3. The third kappa shape index (κ3) is 3.36. The number of carbonyl (C=O) groups is 1. The molecule has 2 rings (SSSR count). The Bertz CT molecular complexity index is 632. The number of benzene rings is 1. The molecule has 0 radical (unpaired) electrons. The van der Waals surface area contributed by atoms with Gasteiger partial charge in [0.15, 0.2) is 11.6 Å². The Morgan fingerprint density at radius 3 is 2.81 bits per heavy atom. The monoisotopic (exact) mass is 312 g/mol. The minimum absolute atomic E-state index is 0.00330. The van der Waals surface area contributed by atoms with Crippen molar-refractivity contribution in [3.63, 3.8) is 0 Å². The zero-order valence-corrected chi connectivity index (χ0v) is 12.3. The smallest absolute Gasteiger partial charge is 0.340 e. The Balaban J connectivity index is 2.11. The number of halogens is 2. The second kappa shape index (κ2) is 6.62. The maximum atomic E-state index is 13.9. The summed E-state index contributed by atoms with van der Waals surface area (Å²) in [5.41, 5.74) is -0.419. The second-order valence-electron chi connectivity index (χ2n) is 4.43. The SMILES string of the molecule is COC(=O)c1ccc(NCC(C)c2nccs2)c(F)c1F. The minimum Gasteiger partial charge on any atom is -0.465 e. The molecular formula is C14H14F2N2O2S. The summed E-state index contributed by atoms with van der Waals surface area (Å²) in [6.07, 6.45) is 1.70. The van der Waals surface area contributed by atoms with Crippen LogP contribution in [-0.2, 0) is 4.74 Å². The number of methoxy groups -OCH3 is 1. The third-order valence-corrected chi connectivity index (χ3v) is 3.97. The van der Waals surface area contributed by atoms with E-state index in [2.05, 4.69) is 15.0 Å². The molecule has 1 aromatic carbocycles. The molecule has 1 heterocycles. The highest BCUT2D eigenvalue weighted by atomic mass is 32.1. The normalized spacial score (nSPS) is 12.0. The number of esters is 1. The fourth-order valence-electron chi connectivity index (χ4n) is 1.78. The molecule has 112 valence electrons. The van der Waals surface area contributed by atoms with E-state index in [4.69, 9.17) is 0 Å². The van der Waals surface area contributed by atoms with Gasteiger partial charge >= 0.3 is 5.97 Å². The molecule has 7 heteroatoms. The summed E-state index contributed by atoms with van der Waals surface area (Å²) in [5.74, 6) is -3.15. The minimum atomic E-state index is -1.21. The van der Waals surface area contributed by atoms with Crippen molar-refractivity contribution in [2.24, 2.45) is 0 Å². The van der Waals surface area contributed by atoms with Gasteiger partial charge in [-0.25, -0.2) is 18.6 Å². The summed E-state index contributed by atoms with van der Waals surface area (Å²) in [5, 5.41) is 5.60. The molecule has 0 bridgehead atoms. The highest BCUT2D eigenvalue weighted by Crippen LogP contribution is 2.23. The van der Waals surface area contributed by atoms with E-state index in [0.717, 1.165) is 12.1 Å². The molecule has 1 N–H and O–H groups in total. The van der Waals surface area contributed by atoms with Gasteiger partial charge in [-0.05, 0) is 12.1 Å². The molecule has 0 fully saturated rings. The van der Waals surface area contributed by atoms with E-state index >= 15 is 0 Å². The Labute approximate surface area is 124 Å². The van der Waals surface area contributed by atoms with Crippen molar-refractivity contribution in [1.29, 1.82) is 0 Å². The Hall–Kier alpha value is -2.02. The van der Waals surface area contributed by atoms with Crippen LogP contribution >= 0.6 is 11.3 Å². The zero-order valence-electron chi connectivity index (χ0n) is 11.5. The van der Waals surface area contributed by atoms with Gasteiger partial charge in [-0.2, -0.15) is 0 Å². The quantitative estimate of drug-likeness (QED) is 0.860. The van der Waals surface area contributed by atoms with Gasteiger partial charge < -0.3 is 10.1 Å². The maximum Gasteiger partial charge on any atom is 0.340 e. The lowest BCUT2D eigenvalue weighted by Crippen LogP contribution is -2.13. The van der Waals surface area contributed by atoms with Crippen LogP contribution in [0.1, 0.15) is 28.2 Å². The van der Waals surface area contributed by atoms with Crippen molar-refractivity contribution in [1.82, 2.24) is 4.98 Å². The van der Waals surface area contributed by atoms with Crippen LogP contribution < -0.4 is 5.32 Å². The lowest BCUT2D eigenvalue weighted by atomic mass is 10.1. The predicted octanol–water partition coefficient (Wildman–Crippen LogP) is 3.42. The zero-order chi connectivity index (χ0) is 15.4. The maximum absolute atomic E-state index is 13.9. The number of hydrogen-bond acceptors (Lipinski definition) is 5. The van der Waals surface area contributed by atoms with Crippen molar-refractivity contribution in [3.8, 4) is 0 Å². The molecule has 0 saturated heterocycles. The number of nitrogens with zero attached hydrogens (tertiary/aromatic N) is 1. The molecule has 21 heavy (non-hydrogen) atoms. The van der Waals surface area contributed by atoms with Crippen LogP contribution in [0.2, 0.25) is 0 Å². The van der Waals surface area contributed by atoms with Crippen molar-refractivity contribution in [2.45, 2.75) is 12.8 Å². The van der Waals surface area contributed by atoms with Crippen molar-refractivity contribution < 1.29 is 18.3 Å². The van der Waals surface area contributed by atoms with Gasteiger partial charge in [0.2, 0.25) is 0 Å². The largest absolute Gasteiger partial charge is 0.465 e. The summed E-state index contributed by atoms with van der Waals surface area (Å²) in [4.78, 5) is 15.4. The molecule has 0 saturated carbocycles. The summed E-state index contributed by atoms with van der Waals surface area (Å²) < 4.78 is 32.1. The molecule has 4 nitrogen and oxygen atoms in total. The molecule has 0 aliphatic carbocycles. The van der Waals surface area contributed by atoms with Crippen molar-refractivity contribution in [2.75, 3.05) is 19.0 Å². The first kappa shape index (κ1) is 15.4. The number of carbonyl (C=O) groups excluding carboxylic acids is 1. The van der Waals surface area contributed by atoms with Gasteiger partial charge in [0.1, 0.15) is 0 Å². The average molecular weight is 312 g/mol. The van der Waals surface area contributed by atoms with Crippen LogP contribution in [0.4, 0.5) is 14.5 Å². The van der Waals surface area contributed by atoms with Gasteiger partial charge in [0, 0.05) is 24.0 Å². The summed E-state index contributed by atoms with van der Waals surface area (Å²) in [6.45, 7) is 2.34. The predicted molar refractivity (Wildman–Crippen MR) is 76.7 cm³/mol. The number of anilines is 1. The van der Waals surface area contributed by atoms with Gasteiger partial charge in [0.05, 0.1) is 23.4 Å². The lowest BCUT2D eigenvalue weighted by molar-refractivity contribution is 0.0594. The van der Waals surface area contributed by atoms with Crippen molar-refractivity contribution >= 4 is 23.0 Å². The summed E-state index contributed by atoms with van der Waals surface area (Å²) in [6, 6.07) is 2.51. The van der Waals surface area contributed by atoms with Crippen LogP contribution in [0.15, 0.2) is 23.7 Å². The number of hydrogen-bond donors (Lipinski definition) is 1. The fraction of sp³-hybridized carbons (Fsp3) is 0.286. The van der Waals surface area contributed by atoms with Crippen LogP contribution in [0.5, 0.6) is 0 Å². The highest BCUT2D eigenvalue weighted by Gasteiger charge is 2.19. The molecule has 0 aliphatic rings. The van der Waals surface area contributed by atoms with E-state index in [-0.39, 0.29) is 11.6 Å². The highest BCUT2D eigenvalue weighted by molar-refractivity contribution is 7.09. The number of ether oxygens (including phenoxy) is 1. The number of rotatable bonds is 5. The first-order valence-corrected chi connectivity index (χ1v) is 7.12. The molecular weight excluding hydrogens is 298 g/mol. The molecule has 0 aliphatic heterocycles. The number of thiazole rings is 1. The van der Waals surface area contributed by atoms with Crippen LogP contribution in [0.25, 0.3) is 0 Å². The fourth-order valence-corrected chi connectivity index (χ4v) is 2.48. The molecule has 2 aromatic rings. The number of aromatic nitrogens is 1. The summed E-state index contributed by atoms with van der Waals surface area (Å²) in [7, 11) is 1.11. The first-order chi connectivity index (χ1) is 10.0. The van der Waals surface area contributed by atoms with Gasteiger partial charge in [-0.1, -0.05) is 6.92 Å². The molecule has 1 unspecified atom stereocenters. The second-order valence-corrected chi connectivity index (χ2v) is 5.36. The third-order valence-electron chi connectivity index (χ3n) is 2.96.